The van der Waals surface area contributed by atoms with E-state index in [0.29, 0.717) is 5.11 Å². The molecule has 0 bridgehead atoms. The van der Waals surface area contributed by atoms with Gasteiger partial charge in [-0.05, 0) is 54.7 Å². The van der Waals surface area contributed by atoms with Crippen LogP contribution in [0.3, 0.4) is 0 Å². The third-order valence-electron chi connectivity index (χ3n) is 4.17. The number of nitrogens with one attached hydrogen (secondary N) is 2. The van der Waals surface area contributed by atoms with Crippen molar-refractivity contribution in [2.45, 2.75) is 31.8 Å². The highest BCUT2D eigenvalue weighted by molar-refractivity contribution is 7.80. The van der Waals surface area contributed by atoms with E-state index in [9.17, 15) is 0 Å². The largest absolute Gasteiger partial charge is 0.356 e. The average molecular weight is 331 g/mol. The van der Waals surface area contributed by atoms with Crippen LogP contribution in [0.15, 0.2) is 48.5 Å². The van der Waals surface area contributed by atoms with Gasteiger partial charge in [0.2, 0.25) is 0 Å². The van der Waals surface area contributed by atoms with Crippen LogP contribution in [0.25, 0.3) is 0 Å². The van der Waals surface area contributed by atoms with Crippen molar-refractivity contribution >= 4 is 28.9 Å². The maximum Gasteiger partial charge on any atom is 0.167 e. The maximum atomic E-state index is 6.26. The lowest BCUT2D eigenvalue weighted by Gasteiger charge is -2.21. The second-order valence-corrected chi connectivity index (χ2v) is 6.46. The Labute approximate surface area is 141 Å². The van der Waals surface area contributed by atoms with E-state index in [4.69, 9.17) is 23.8 Å². The van der Waals surface area contributed by atoms with Gasteiger partial charge in [-0.1, -0.05) is 54.1 Å². The average Bonchev–Trinajstić information content (AvgIpc) is 2.92. The predicted octanol–water partition coefficient (Wildman–Crippen LogP) is 4.55. The summed E-state index contributed by atoms with van der Waals surface area (Å²) in [7, 11) is 0. The Morgan fingerprint density at radius 1 is 1.18 bits per heavy atom. The summed E-state index contributed by atoms with van der Waals surface area (Å²) >= 11 is 11.7. The summed E-state index contributed by atoms with van der Waals surface area (Å²) in [5.74, 6) is 0. The fraction of sp³-hybridized carbons (Fsp3) is 0.278. The molecule has 4 heteroatoms. The summed E-state index contributed by atoms with van der Waals surface area (Å²) in [6, 6.07) is 16.8. The van der Waals surface area contributed by atoms with Gasteiger partial charge < -0.3 is 10.6 Å². The summed E-state index contributed by atoms with van der Waals surface area (Å²) < 4.78 is 0. The molecule has 0 aromatic heterocycles. The number of halogens is 1. The van der Waals surface area contributed by atoms with Crippen molar-refractivity contribution in [2.24, 2.45) is 0 Å². The fourth-order valence-electron chi connectivity index (χ4n) is 2.98. The van der Waals surface area contributed by atoms with E-state index in [-0.39, 0.29) is 12.1 Å². The molecule has 2 aromatic rings. The maximum absolute atomic E-state index is 6.26. The Balaban J connectivity index is 1.63. The van der Waals surface area contributed by atoms with Crippen LogP contribution in [-0.4, -0.2) is 5.11 Å². The Hall–Kier alpha value is -1.58. The van der Waals surface area contributed by atoms with Gasteiger partial charge in [-0.25, -0.2) is 0 Å². The third kappa shape index (κ3) is 3.26. The van der Waals surface area contributed by atoms with Gasteiger partial charge in [-0.15, -0.1) is 0 Å². The minimum Gasteiger partial charge on any atom is -0.356 e. The Morgan fingerprint density at radius 3 is 2.73 bits per heavy atom. The van der Waals surface area contributed by atoms with Crippen molar-refractivity contribution in [3.8, 4) is 0 Å². The lowest BCUT2D eigenvalue weighted by atomic mass is 10.1. The van der Waals surface area contributed by atoms with Crippen molar-refractivity contribution < 1.29 is 0 Å². The first kappa shape index (κ1) is 15.3. The van der Waals surface area contributed by atoms with Crippen molar-refractivity contribution in [1.29, 1.82) is 0 Å². The summed E-state index contributed by atoms with van der Waals surface area (Å²) in [6.07, 6.45) is 2.03. The summed E-state index contributed by atoms with van der Waals surface area (Å²) in [5.41, 5.74) is 3.74. The number of fused-ring (bicyclic) bond motifs is 1. The zero-order valence-electron chi connectivity index (χ0n) is 12.5. The third-order valence-corrected chi connectivity index (χ3v) is 4.76. The van der Waals surface area contributed by atoms with Gasteiger partial charge in [0.1, 0.15) is 0 Å². The lowest BCUT2D eigenvalue weighted by Crippen LogP contribution is -2.38. The Kier molecular flexibility index (Phi) is 4.65. The molecule has 1 aliphatic carbocycles. The molecule has 22 heavy (non-hydrogen) atoms. The minimum atomic E-state index is 0.182. The molecule has 0 fully saturated rings. The number of hydrogen-bond acceptors (Lipinski definition) is 1. The van der Waals surface area contributed by atoms with E-state index in [1.54, 1.807) is 0 Å². The molecule has 114 valence electrons. The van der Waals surface area contributed by atoms with Crippen LogP contribution in [0.1, 0.15) is 42.1 Å². The number of benzene rings is 2. The van der Waals surface area contributed by atoms with Gasteiger partial charge in [-0.3, -0.25) is 0 Å². The van der Waals surface area contributed by atoms with Crippen LogP contribution in [0, 0.1) is 0 Å². The number of hydrogen-bond donors (Lipinski definition) is 2. The van der Waals surface area contributed by atoms with E-state index >= 15 is 0 Å². The minimum absolute atomic E-state index is 0.182. The lowest BCUT2D eigenvalue weighted by molar-refractivity contribution is 0.612. The second-order valence-electron chi connectivity index (χ2n) is 5.65. The van der Waals surface area contributed by atoms with Crippen LogP contribution >= 0.6 is 23.8 Å². The number of thiocarbonyl (C=S) groups is 1. The molecule has 1 aliphatic rings. The standard InChI is InChI=1S/C18H19ClN2S/c1-12(13-6-3-2-4-7-13)20-18(22)21-17-11-10-14-15(17)8-5-9-16(14)19/h2-9,12,17H,10-11H2,1H3,(H2,20,21,22)/t12-,17-/m0/s1. The van der Waals surface area contributed by atoms with Crippen LogP contribution in [0.4, 0.5) is 0 Å². The molecule has 0 saturated carbocycles. The van der Waals surface area contributed by atoms with Gasteiger partial charge in [-0.2, -0.15) is 0 Å². The van der Waals surface area contributed by atoms with Crippen LogP contribution in [0.2, 0.25) is 5.02 Å². The predicted molar refractivity (Wildman–Crippen MR) is 96.2 cm³/mol. The highest BCUT2D eigenvalue weighted by atomic mass is 35.5. The highest BCUT2D eigenvalue weighted by Crippen LogP contribution is 2.35. The molecule has 2 atom stereocenters. The Morgan fingerprint density at radius 2 is 1.95 bits per heavy atom. The van der Waals surface area contributed by atoms with Gasteiger partial charge in [0, 0.05) is 5.02 Å². The number of rotatable bonds is 3. The molecule has 2 nitrogen and oxygen atoms in total. The first-order valence-corrected chi connectivity index (χ1v) is 8.33. The summed E-state index contributed by atoms with van der Waals surface area (Å²) in [5, 5.41) is 8.33. The monoisotopic (exact) mass is 330 g/mol. The fourth-order valence-corrected chi connectivity index (χ4v) is 3.58. The SMILES string of the molecule is C[C@H](NC(=S)N[C@H]1CCc2c(Cl)cccc21)c1ccccc1. The summed E-state index contributed by atoms with van der Waals surface area (Å²) in [4.78, 5) is 0. The molecular formula is C18H19ClN2S. The highest BCUT2D eigenvalue weighted by Gasteiger charge is 2.24. The molecule has 2 aromatic carbocycles. The quantitative estimate of drug-likeness (QED) is 0.807. The van der Waals surface area contributed by atoms with Crippen LogP contribution in [0.5, 0.6) is 0 Å². The molecule has 3 rings (SSSR count). The van der Waals surface area contributed by atoms with E-state index in [1.165, 1.54) is 16.7 Å². The summed E-state index contributed by atoms with van der Waals surface area (Å²) in [6.45, 7) is 2.11. The van der Waals surface area contributed by atoms with Gasteiger partial charge in [0.25, 0.3) is 0 Å². The van der Waals surface area contributed by atoms with E-state index < -0.39 is 0 Å². The Bertz CT molecular complexity index is 672. The van der Waals surface area contributed by atoms with Gasteiger partial charge in [0.15, 0.2) is 5.11 Å². The van der Waals surface area contributed by atoms with Crippen molar-refractivity contribution in [1.82, 2.24) is 10.6 Å². The van der Waals surface area contributed by atoms with Gasteiger partial charge >= 0.3 is 0 Å². The second kappa shape index (κ2) is 6.67. The molecule has 0 saturated heterocycles. The van der Waals surface area contributed by atoms with Crippen molar-refractivity contribution in [2.75, 3.05) is 0 Å². The topological polar surface area (TPSA) is 24.1 Å². The van der Waals surface area contributed by atoms with Crippen molar-refractivity contribution in [3.63, 3.8) is 0 Å². The normalized spacial score (nSPS) is 17.6. The molecule has 0 radical (unpaired) electrons. The molecule has 0 spiro atoms. The molecular weight excluding hydrogens is 312 g/mol. The van der Waals surface area contributed by atoms with E-state index in [2.05, 4.69) is 35.8 Å². The first-order valence-electron chi connectivity index (χ1n) is 7.54. The molecule has 0 amide bonds. The molecule has 0 aliphatic heterocycles. The van der Waals surface area contributed by atoms with Crippen LogP contribution in [-0.2, 0) is 6.42 Å². The first-order chi connectivity index (χ1) is 10.6. The van der Waals surface area contributed by atoms with E-state index in [1.807, 2.05) is 30.3 Å². The van der Waals surface area contributed by atoms with Crippen molar-refractivity contribution in [3.05, 3.63) is 70.2 Å². The molecule has 0 heterocycles. The van der Waals surface area contributed by atoms with Crippen LogP contribution < -0.4 is 10.6 Å². The zero-order chi connectivity index (χ0) is 15.5. The molecule has 0 unspecified atom stereocenters. The van der Waals surface area contributed by atoms with E-state index in [0.717, 1.165) is 17.9 Å². The smallest absolute Gasteiger partial charge is 0.167 e. The zero-order valence-corrected chi connectivity index (χ0v) is 14.0. The van der Waals surface area contributed by atoms with Gasteiger partial charge in [0.05, 0.1) is 12.1 Å². The molecule has 2 N–H and O–H groups in total.